The van der Waals surface area contributed by atoms with Crippen molar-refractivity contribution >= 4 is 22.9 Å². The van der Waals surface area contributed by atoms with Gasteiger partial charge in [-0.2, -0.15) is 0 Å². The van der Waals surface area contributed by atoms with Gasteiger partial charge in [0.1, 0.15) is 0 Å². The van der Waals surface area contributed by atoms with Crippen LogP contribution < -0.4 is 0 Å². The Morgan fingerprint density at radius 3 is 3.18 bits per heavy atom. The first-order valence-corrected chi connectivity index (χ1v) is 4.47. The predicted molar refractivity (Wildman–Crippen MR) is 45.7 cm³/mol. The van der Waals surface area contributed by atoms with E-state index in [4.69, 9.17) is 0 Å². The number of aromatic amines is 1. The third-order valence-corrected chi connectivity index (χ3v) is 2.11. The minimum atomic E-state index is 0.789. The lowest BCUT2D eigenvalue weighted by Crippen LogP contribution is -1.79. The van der Waals surface area contributed by atoms with Gasteiger partial charge in [0.25, 0.3) is 0 Å². The lowest BCUT2D eigenvalue weighted by molar-refractivity contribution is 1.17. The van der Waals surface area contributed by atoms with Crippen LogP contribution in [0.1, 0.15) is 0 Å². The summed E-state index contributed by atoms with van der Waals surface area (Å²) in [5, 5.41) is 1.00. The van der Waals surface area contributed by atoms with Gasteiger partial charge in [-0.15, -0.1) is 11.8 Å². The molecule has 4 heteroatoms. The fourth-order valence-electron chi connectivity index (χ4n) is 0.919. The number of thioether (sulfide) groups is 1. The number of pyridine rings is 1. The molecular formula is C7H7N3S. The fraction of sp³-hybridized carbons (Fsp3) is 0.143. The molecule has 0 aromatic carbocycles. The Labute approximate surface area is 68.2 Å². The van der Waals surface area contributed by atoms with E-state index in [1.54, 1.807) is 18.1 Å². The molecule has 2 aromatic heterocycles. The minimum Gasteiger partial charge on any atom is -0.343 e. The Balaban J connectivity index is 2.67. The molecule has 0 radical (unpaired) electrons. The van der Waals surface area contributed by atoms with Crippen LogP contribution in [0.5, 0.6) is 0 Å². The number of H-pyrrole nitrogens is 1. The van der Waals surface area contributed by atoms with E-state index in [0.29, 0.717) is 0 Å². The zero-order chi connectivity index (χ0) is 7.68. The minimum absolute atomic E-state index is 0.789. The topological polar surface area (TPSA) is 41.6 Å². The number of nitrogens with zero attached hydrogens (tertiary/aromatic N) is 2. The largest absolute Gasteiger partial charge is 0.343 e. The Bertz CT molecular complexity index is 368. The van der Waals surface area contributed by atoms with E-state index in [1.807, 2.05) is 18.4 Å². The molecule has 2 heterocycles. The highest BCUT2D eigenvalue weighted by Crippen LogP contribution is 2.14. The summed E-state index contributed by atoms with van der Waals surface area (Å²) in [7, 11) is 0. The molecule has 0 saturated heterocycles. The van der Waals surface area contributed by atoms with Crippen molar-refractivity contribution in [2.45, 2.75) is 5.03 Å². The molecule has 0 unspecified atom stereocenters. The molecule has 56 valence electrons. The molecule has 0 aliphatic carbocycles. The number of fused-ring (bicyclic) bond motifs is 1. The zero-order valence-corrected chi connectivity index (χ0v) is 6.85. The van der Waals surface area contributed by atoms with Gasteiger partial charge in [0, 0.05) is 0 Å². The van der Waals surface area contributed by atoms with E-state index in [9.17, 15) is 0 Å². The van der Waals surface area contributed by atoms with Crippen molar-refractivity contribution in [3.63, 3.8) is 0 Å². The maximum absolute atomic E-state index is 4.27. The van der Waals surface area contributed by atoms with E-state index in [1.165, 1.54) is 0 Å². The molecule has 11 heavy (non-hydrogen) atoms. The van der Waals surface area contributed by atoms with Crippen LogP contribution in [0, 0.1) is 0 Å². The first kappa shape index (κ1) is 6.67. The highest BCUT2D eigenvalue weighted by Gasteiger charge is 1.97. The molecule has 1 N–H and O–H groups in total. The third-order valence-electron chi connectivity index (χ3n) is 1.47. The maximum atomic E-state index is 4.27. The summed E-state index contributed by atoms with van der Waals surface area (Å²) in [6.45, 7) is 0. The van der Waals surface area contributed by atoms with Gasteiger partial charge >= 0.3 is 0 Å². The molecule has 0 aliphatic rings. The molecule has 3 nitrogen and oxygen atoms in total. The van der Waals surface area contributed by atoms with Crippen LogP contribution in [-0.2, 0) is 0 Å². The van der Waals surface area contributed by atoms with Crippen molar-refractivity contribution in [2.24, 2.45) is 0 Å². The average molecular weight is 165 g/mol. The van der Waals surface area contributed by atoms with Gasteiger partial charge in [-0.1, -0.05) is 0 Å². The number of hydrogen-bond acceptors (Lipinski definition) is 3. The molecule has 0 spiro atoms. The lowest BCUT2D eigenvalue weighted by atomic mass is 10.4. The summed E-state index contributed by atoms with van der Waals surface area (Å²) in [6, 6.07) is 3.96. The predicted octanol–water partition coefficient (Wildman–Crippen LogP) is 1.68. The number of rotatable bonds is 1. The van der Waals surface area contributed by atoms with Crippen LogP contribution in [0.25, 0.3) is 11.2 Å². The van der Waals surface area contributed by atoms with E-state index in [-0.39, 0.29) is 0 Å². The average Bonchev–Trinajstić information content (AvgIpc) is 2.50. The van der Waals surface area contributed by atoms with Crippen LogP contribution in [0.4, 0.5) is 0 Å². The highest BCUT2D eigenvalue weighted by atomic mass is 32.2. The monoisotopic (exact) mass is 165 g/mol. The SMILES string of the molecule is CSc1ccc2[nH]cnc2n1. The number of imidazole rings is 1. The molecule has 0 fully saturated rings. The van der Waals surface area contributed by atoms with Gasteiger partial charge in [-0.05, 0) is 18.4 Å². The van der Waals surface area contributed by atoms with Gasteiger partial charge in [0.05, 0.1) is 16.9 Å². The van der Waals surface area contributed by atoms with Crippen LogP contribution in [0.3, 0.4) is 0 Å². The first-order chi connectivity index (χ1) is 5.40. The third kappa shape index (κ3) is 1.09. The normalized spacial score (nSPS) is 10.6. The van der Waals surface area contributed by atoms with Crippen molar-refractivity contribution in [1.29, 1.82) is 0 Å². The Hall–Kier alpha value is -1.03. The zero-order valence-electron chi connectivity index (χ0n) is 6.03. The van der Waals surface area contributed by atoms with Crippen LogP contribution in [0.15, 0.2) is 23.5 Å². The molecule has 0 saturated carbocycles. The highest BCUT2D eigenvalue weighted by molar-refractivity contribution is 7.98. The van der Waals surface area contributed by atoms with Crippen molar-refractivity contribution in [1.82, 2.24) is 15.0 Å². The molecule has 0 aliphatic heterocycles. The van der Waals surface area contributed by atoms with Gasteiger partial charge in [0.15, 0.2) is 5.65 Å². The van der Waals surface area contributed by atoms with Gasteiger partial charge in [-0.25, -0.2) is 9.97 Å². The summed E-state index contributed by atoms with van der Waals surface area (Å²) in [4.78, 5) is 11.3. The molecule has 0 amide bonds. The number of hydrogen-bond donors (Lipinski definition) is 1. The number of aromatic nitrogens is 3. The van der Waals surface area contributed by atoms with Crippen molar-refractivity contribution in [2.75, 3.05) is 6.26 Å². The Morgan fingerprint density at radius 1 is 1.45 bits per heavy atom. The summed E-state index contributed by atoms with van der Waals surface area (Å²) in [5.41, 5.74) is 1.78. The molecule has 0 atom stereocenters. The summed E-state index contributed by atoms with van der Waals surface area (Å²) < 4.78 is 0. The second-order valence-electron chi connectivity index (χ2n) is 2.13. The van der Waals surface area contributed by atoms with Gasteiger partial charge < -0.3 is 4.98 Å². The summed E-state index contributed by atoms with van der Waals surface area (Å²) in [5.74, 6) is 0. The van der Waals surface area contributed by atoms with Gasteiger partial charge in [0.2, 0.25) is 0 Å². The molecule has 2 aromatic rings. The fourth-order valence-corrected chi connectivity index (χ4v) is 1.30. The maximum Gasteiger partial charge on any atom is 0.178 e. The molecular weight excluding hydrogens is 158 g/mol. The van der Waals surface area contributed by atoms with Crippen LogP contribution >= 0.6 is 11.8 Å². The quantitative estimate of drug-likeness (QED) is 0.654. The second kappa shape index (κ2) is 2.54. The van der Waals surface area contributed by atoms with Crippen molar-refractivity contribution < 1.29 is 0 Å². The van der Waals surface area contributed by atoms with E-state index < -0.39 is 0 Å². The Kier molecular flexibility index (Phi) is 1.54. The van der Waals surface area contributed by atoms with Crippen LogP contribution in [-0.4, -0.2) is 21.2 Å². The van der Waals surface area contributed by atoms with Crippen LogP contribution in [0.2, 0.25) is 0 Å². The van der Waals surface area contributed by atoms with Crippen molar-refractivity contribution in [3.05, 3.63) is 18.5 Å². The molecule has 0 bridgehead atoms. The number of nitrogens with one attached hydrogen (secondary N) is 1. The second-order valence-corrected chi connectivity index (χ2v) is 2.95. The summed E-state index contributed by atoms with van der Waals surface area (Å²) >= 11 is 1.62. The summed E-state index contributed by atoms with van der Waals surface area (Å²) in [6.07, 6.45) is 3.66. The molecule has 2 rings (SSSR count). The van der Waals surface area contributed by atoms with Crippen molar-refractivity contribution in [3.8, 4) is 0 Å². The van der Waals surface area contributed by atoms with E-state index >= 15 is 0 Å². The Morgan fingerprint density at radius 2 is 2.36 bits per heavy atom. The lowest BCUT2D eigenvalue weighted by Gasteiger charge is -1.92. The van der Waals surface area contributed by atoms with E-state index in [0.717, 1.165) is 16.2 Å². The smallest absolute Gasteiger partial charge is 0.178 e. The standard InChI is InChI=1S/C7H7N3S/c1-11-6-3-2-5-7(10-6)9-4-8-5/h2-4H,1H3,(H,8,9,10). The van der Waals surface area contributed by atoms with E-state index in [2.05, 4.69) is 15.0 Å². The first-order valence-electron chi connectivity index (χ1n) is 3.24. The van der Waals surface area contributed by atoms with Gasteiger partial charge in [-0.3, -0.25) is 0 Å².